The van der Waals surface area contributed by atoms with Gasteiger partial charge in [0.1, 0.15) is 5.82 Å². The maximum Gasteiger partial charge on any atom is 0.255 e. The molecule has 3 rings (SSSR count). The number of carbonyl (C=O) groups excluding carboxylic acids is 1. The van der Waals surface area contributed by atoms with Crippen LogP contribution in [0.1, 0.15) is 23.2 Å². The van der Waals surface area contributed by atoms with Crippen LogP contribution in [0.25, 0.3) is 0 Å². The summed E-state index contributed by atoms with van der Waals surface area (Å²) in [5, 5.41) is 3.13. The van der Waals surface area contributed by atoms with Crippen molar-refractivity contribution in [3.8, 4) is 0 Å². The van der Waals surface area contributed by atoms with E-state index >= 15 is 0 Å². The van der Waals surface area contributed by atoms with Crippen molar-refractivity contribution in [2.45, 2.75) is 18.9 Å². The SMILES string of the molecule is CN(C)c1ncccc1C(=O)NC1CCN(c2ncccn2)CC1. The summed E-state index contributed by atoms with van der Waals surface area (Å²) in [6, 6.07) is 5.57. The molecule has 3 heterocycles. The Kier molecular flexibility index (Phi) is 4.88. The van der Waals surface area contributed by atoms with Crippen LogP contribution in [0.4, 0.5) is 11.8 Å². The molecule has 1 aliphatic rings. The van der Waals surface area contributed by atoms with Gasteiger partial charge in [0.25, 0.3) is 5.91 Å². The number of carbonyl (C=O) groups is 1. The molecule has 7 nitrogen and oxygen atoms in total. The fourth-order valence-electron chi connectivity index (χ4n) is 2.87. The van der Waals surface area contributed by atoms with E-state index in [2.05, 4.69) is 25.2 Å². The third-order valence-corrected chi connectivity index (χ3v) is 4.12. The van der Waals surface area contributed by atoms with Gasteiger partial charge in [-0.15, -0.1) is 0 Å². The van der Waals surface area contributed by atoms with Crippen molar-refractivity contribution in [3.05, 3.63) is 42.4 Å². The number of rotatable bonds is 4. The predicted octanol–water partition coefficient (Wildman–Crippen LogP) is 1.34. The zero-order chi connectivity index (χ0) is 16.9. The summed E-state index contributed by atoms with van der Waals surface area (Å²) in [5.74, 6) is 1.37. The quantitative estimate of drug-likeness (QED) is 0.914. The highest BCUT2D eigenvalue weighted by Gasteiger charge is 2.23. The van der Waals surface area contributed by atoms with Crippen molar-refractivity contribution in [1.29, 1.82) is 0 Å². The number of amides is 1. The van der Waals surface area contributed by atoms with E-state index in [1.54, 1.807) is 24.7 Å². The van der Waals surface area contributed by atoms with Gasteiger partial charge < -0.3 is 15.1 Å². The van der Waals surface area contributed by atoms with E-state index in [0.29, 0.717) is 11.4 Å². The van der Waals surface area contributed by atoms with Gasteiger partial charge in [-0.1, -0.05) is 0 Å². The molecule has 1 aliphatic heterocycles. The number of nitrogens with one attached hydrogen (secondary N) is 1. The largest absolute Gasteiger partial charge is 0.362 e. The molecule has 24 heavy (non-hydrogen) atoms. The topological polar surface area (TPSA) is 74.2 Å². The number of hydrogen-bond acceptors (Lipinski definition) is 6. The minimum Gasteiger partial charge on any atom is -0.362 e. The van der Waals surface area contributed by atoms with Gasteiger partial charge in [-0.25, -0.2) is 15.0 Å². The normalized spacial score (nSPS) is 15.2. The molecule has 2 aromatic heterocycles. The van der Waals surface area contributed by atoms with Gasteiger partial charge in [0.15, 0.2) is 0 Å². The summed E-state index contributed by atoms with van der Waals surface area (Å²) >= 11 is 0. The first-order valence-corrected chi connectivity index (χ1v) is 8.10. The Hall–Kier alpha value is -2.70. The molecule has 0 radical (unpaired) electrons. The van der Waals surface area contributed by atoms with Crippen LogP contribution in [0.5, 0.6) is 0 Å². The lowest BCUT2D eigenvalue weighted by atomic mass is 10.0. The number of pyridine rings is 1. The molecule has 0 bridgehead atoms. The molecule has 0 saturated carbocycles. The fraction of sp³-hybridized carbons (Fsp3) is 0.412. The fourth-order valence-corrected chi connectivity index (χ4v) is 2.87. The van der Waals surface area contributed by atoms with Gasteiger partial charge in [0, 0.05) is 51.8 Å². The zero-order valence-corrected chi connectivity index (χ0v) is 14.0. The second kappa shape index (κ2) is 7.25. The molecule has 0 atom stereocenters. The van der Waals surface area contributed by atoms with Crippen LogP contribution in [0.15, 0.2) is 36.8 Å². The smallest absolute Gasteiger partial charge is 0.255 e. The highest BCUT2D eigenvalue weighted by molar-refractivity contribution is 5.99. The van der Waals surface area contributed by atoms with Crippen LogP contribution in [0, 0.1) is 0 Å². The summed E-state index contributed by atoms with van der Waals surface area (Å²) in [6.45, 7) is 1.67. The molecule has 1 amide bonds. The van der Waals surface area contributed by atoms with E-state index < -0.39 is 0 Å². The number of piperidine rings is 1. The van der Waals surface area contributed by atoms with E-state index in [4.69, 9.17) is 0 Å². The molecule has 126 valence electrons. The van der Waals surface area contributed by atoms with Crippen LogP contribution in [0.3, 0.4) is 0 Å². The second-order valence-corrected chi connectivity index (χ2v) is 6.05. The number of aromatic nitrogens is 3. The molecule has 0 aromatic carbocycles. The van der Waals surface area contributed by atoms with Crippen LogP contribution in [0.2, 0.25) is 0 Å². The van der Waals surface area contributed by atoms with E-state index in [0.717, 1.165) is 31.9 Å². The average Bonchev–Trinajstić information content (AvgIpc) is 2.63. The molecule has 2 aromatic rings. The van der Waals surface area contributed by atoms with Crippen LogP contribution in [-0.2, 0) is 0 Å². The molecule has 1 N–H and O–H groups in total. The second-order valence-electron chi connectivity index (χ2n) is 6.05. The van der Waals surface area contributed by atoms with E-state index in [1.165, 1.54) is 0 Å². The standard InChI is InChI=1S/C17H22N6O/c1-22(2)15-14(5-3-8-18-15)16(24)21-13-6-11-23(12-7-13)17-19-9-4-10-20-17/h3-5,8-10,13H,6-7,11-12H2,1-2H3,(H,21,24). The van der Waals surface area contributed by atoms with E-state index in [-0.39, 0.29) is 11.9 Å². The van der Waals surface area contributed by atoms with Gasteiger partial charge in [-0.3, -0.25) is 4.79 Å². The van der Waals surface area contributed by atoms with E-state index in [9.17, 15) is 4.79 Å². The first-order chi connectivity index (χ1) is 11.6. The number of anilines is 2. The highest BCUT2D eigenvalue weighted by atomic mass is 16.1. The summed E-state index contributed by atoms with van der Waals surface area (Å²) in [6.07, 6.45) is 6.95. The molecule has 0 spiro atoms. The minimum absolute atomic E-state index is 0.0683. The molecule has 0 unspecified atom stereocenters. The lowest BCUT2D eigenvalue weighted by Crippen LogP contribution is -2.45. The predicted molar refractivity (Wildman–Crippen MR) is 93.3 cm³/mol. The molecular formula is C17H22N6O. The van der Waals surface area contributed by atoms with Gasteiger partial charge in [-0.2, -0.15) is 0 Å². The first kappa shape index (κ1) is 16.2. The van der Waals surface area contributed by atoms with Crippen LogP contribution >= 0.6 is 0 Å². The Balaban J connectivity index is 1.59. The van der Waals surface area contributed by atoms with Crippen LogP contribution in [-0.4, -0.2) is 54.1 Å². The van der Waals surface area contributed by atoms with Crippen molar-refractivity contribution < 1.29 is 4.79 Å². The maximum absolute atomic E-state index is 12.6. The number of nitrogens with zero attached hydrogens (tertiary/aromatic N) is 5. The number of hydrogen-bond donors (Lipinski definition) is 1. The van der Waals surface area contributed by atoms with Crippen molar-refractivity contribution in [3.63, 3.8) is 0 Å². The van der Waals surface area contributed by atoms with E-state index in [1.807, 2.05) is 31.1 Å². The zero-order valence-electron chi connectivity index (χ0n) is 14.0. The van der Waals surface area contributed by atoms with Crippen LogP contribution < -0.4 is 15.1 Å². The van der Waals surface area contributed by atoms with Gasteiger partial charge in [-0.05, 0) is 31.0 Å². The summed E-state index contributed by atoms with van der Waals surface area (Å²) in [5.41, 5.74) is 0.608. The lowest BCUT2D eigenvalue weighted by Gasteiger charge is -2.32. The van der Waals surface area contributed by atoms with Gasteiger partial charge >= 0.3 is 0 Å². The molecule has 7 heteroatoms. The summed E-state index contributed by atoms with van der Waals surface area (Å²) in [4.78, 5) is 29.4. The highest BCUT2D eigenvalue weighted by Crippen LogP contribution is 2.18. The van der Waals surface area contributed by atoms with Crippen molar-refractivity contribution in [1.82, 2.24) is 20.3 Å². The third kappa shape index (κ3) is 3.61. The lowest BCUT2D eigenvalue weighted by molar-refractivity contribution is 0.0931. The van der Waals surface area contributed by atoms with Gasteiger partial charge in [0.05, 0.1) is 5.56 Å². The third-order valence-electron chi connectivity index (χ3n) is 4.12. The minimum atomic E-state index is -0.0683. The Morgan fingerprint density at radius 2 is 1.79 bits per heavy atom. The summed E-state index contributed by atoms with van der Waals surface area (Å²) in [7, 11) is 3.77. The van der Waals surface area contributed by atoms with Crippen molar-refractivity contribution >= 4 is 17.7 Å². The molecule has 1 saturated heterocycles. The molecule has 1 fully saturated rings. The average molecular weight is 326 g/mol. The monoisotopic (exact) mass is 326 g/mol. The van der Waals surface area contributed by atoms with Crippen molar-refractivity contribution in [2.24, 2.45) is 0 Å². The first-order valence-electron chi connectivity index (χ1n) is 8.10. The van der Waals surface area contributed by atoms with Crippen molar-refractivity contribution in [2.75, 3.05) is 37.0 Å². The maximum atomic E-state index is 12.6. The Morgan fingerprint density at radius 3 is 2.46 bits per heavy atom. The molecule has 0 aliphatic carbocycles. The molecular weight excluding hydrogens is 304 g/mol. The Morgan fingerprint density at radius 1 is 1.12 bits per heavy atom. The Labute approximate surface area is 141 Å². The van der Waals surface area contributed by atoms with Gasteiger partial charge in [0.2, 0.25) is 5.95 Å². The Bertz CT molecular complexity index is 682. The summed E-state index contributed by atoms with van der Waals surface area (Å²) < 4.78 is 0.